The van der Waals surface area contributed by atoms with Gasteiger partial charge in [-0.15, -0.1) is 0 Å². The fraction of sp³-hybridized carbons (Fsp3) is 0.467. The van der Waals surface area contributed by atoms with Crippen LogP contribution in [-0.2, 0) is 9.59 Å². The van der Waals surface area contributed by atoms with Crippen molar-refractivity contribution in [1.82, 2.24) is 10.6 Å². The van der Waals surface area contributed by atoms with Crippen molar-refractivity contribution in [2.45, 2.75) is 38.8 Å². The zero-order valence-electron chi connectivity index (χ0n) is 11.8. The van der Waals surface area contributed by atoms with Gasteiger partial charge in [-0.3, -0.25) is 9.59 Å². The minimum absolute atomic E-state index is 0.00304. The molecule has 2 N–H and O–H groups in total. The van der Waals surface area contributed by atoms with Gasteiger partial charge in [0.25, 0.3) is 5.91 Å². The first-order chi connectivity index (χ1) is 9.54. The van der Waals surface area contributed by atoms with Crippen LogP contribution in [0.5, 0.6) is 5.75 Å². The fourth-order valence-electron chi connectivity index (χ4n) is 1.69. The Morgan fingerprint density at radius 1 is 1.30 bits per heavy atom. The van der Waals surface area contributed by atoms with Crippen molar-refractivity contribution in [2.75, 3.05) is 6.54 Å². The Bertz CT molecular complexity index is 480. The zero-order chi connectivity index (χ0) is 14.5. The number of benzene rings is 1. The maximum Gasteiger partial charge on any atom is 0.261 e. The van der Waals surface area contributed by atoms with Crippen LogP contribution in [0.3, 0.4) is 0 Å². The maximum absolute atomic E-state index is 11.8. The molecule has 0 aliphatic heterocycles. The molecule has 1 unspecified atom stereocenters. The first kappa shape index (κ1) is 14.4. The Hall–Kier alpha value is -2.04. The van der Waals surface area contributed by atoms with Crippen molar-refractivity contribution >= 4 is 11.8 Å². The second-order valence-electron chi connectivity index (χ2n) is 5.13. The lowest BCUT2D eigenvalue weighted by atomic mass is 10.2. The van der Waals surface area contributed by atoms with E-state index in [1.54, 1.807) is 6.92 Å². The largest absolute Gasteiger partial charge is 0.481 e. The molecule has 2 rings (SSSR count). The van der Waals surface area contributed by atoms with Crippen LogP contribution in [0.15, 0.2) is 24.3 Å². The molecular formula is C15H20N2O3. The summed E-state index contributed by atoms with van der Waals surface area (Å²) in [6.45, 7) is 3.64. The van der Waals surface area contributed by atoms with Gasteiger partial charge < -0.3 is 15.4 Å². The molecule has 5 nitrogen and oxygen atoms in total. The molecule has 2 amide bonds. The Balaban J connectivity index is 1.73. The summed E-state index contributed by atoms with van der Waals surface area (Å²) in [5.41, 5.74) is 1.13. The van der Waals surface area contributed by atoms with E-state index in [4.69, 9.17) is 4.74 Å². The van der Waals surface area contributed by atoms with E-state index >= 15 is 0 Å². The molecule has 0 saturated heterocycles. The highest BCUT2D eigenvalue weighted by atomic mass is 16.5. The summed E-state index contributed by atoms with van der Waals surface area (Å²) in [5.74, 6) is 0.195. The van der Waals surface area contributed by atoms with E-state index in [0.29, 0.717) is 11.8 Å². The van der Waals surface area contributed by atoms with Gasteiger partial charge in [0.1, 0.15) is 5.75 Å². The van der Waals surface area contributed by atoms with Gasteiger partial charge in [-0.1, -0.05) is 17.7 Å². The third-order valence-corrected chi connectivity index (χ3v) is 3.07. The topological polar surface area (TPSA) is 67.4 Å². The predicted molar refractivity (Wildman–Crippen MR) is 75.4 cm³/mol. The molecule has 1 aromatic carbocycles. The zero-order valence-corrected chi connectivity index (χ0v) is 11.8. The summed E-state index contributed by atoms with van der Waals surface area (Å²) in [4.78, 5) is 23.3. The van der Waals surface area contributed by atoms with E-state index in [0.717, 1.165) is 18.4 Å². The van der Waals surface area contributed by atoms with Crippen molar-refractivity contribution in [3.8, 4) is 5.75 Å². The number of nitrogens with one attached hydrogen (secondary N) is 2. The number of ether oxygens (including phenoxy) is 1. The number of rotatable bonds is 6. The molecule has 5 heteroatoms. The summed E-state index contributed by atoms with van der Waals surface area (Å²) >= 11 is 0. The molecule has 0 spiro atoms. The van der Waals surface area contributed by atoms with Crippen LogP contribution >= 0.6 is 0 Å². The highest BCUT2D eigenvalue weighted by Crippen LogP contribution is 2.18. The Morgan fingerprint density at radius 2 is 1.95 bits per heavy atom. The fourth-order valence-corrected chi connectivity index (χ4v) is 1.69. The molecule has 1 saturated carbocycles. The van der Waals surface area contributed by atoms with Gasteiger partial charge in [0.2, 0.25) is 5.91 Å². The van der Waals surface area contributed by atoms with Crippen LogP contribution in [0.4, 0.5) is 0 Å². The monoisotopic (exact) mass is 276 g/mol. The number of carbonyl (C=O) groups excluding carboxylic acids is 2. The van der Waals surface area contributed by atoms with E-state index in [9.17, 15) is 9.59 Å². The molecule has 0 aromatic heterocycles. The van der Waals surface area contributed by atoms with E-state index in [-0.39, 0.29) is 18.4 Å². The highest BCUT2D eigenvalue weighted by Gasteiger charge is 2.23. The third kappa shape index (κ3) is 4.57. The summed E-state index contributed by atoms with van der Waals surface area (Å²) in [6.07, 6.45) is 1.44. The van der Waals surface area contributed by atoms with Crippen LogP contribution in [0.1, 0.15) is 25.3 Å². The van der Waals surface area contributed by atoms with Gasteiger partial charge in [-0.25, -0.2) is 0 Å². The first-order valence-corrected chi connectivity index (χ1v) is 6.85. The summed E-state index contributed by atoms with van der Waals surface area (Å²) in [6, 6.07) is 7.78. The molecule has 20 heavy (non-hydrogen) atoms. The van der Waals surface area contributed by atoms with Crippen LogP contribution < -0.4 is 15.4 Å². The van der Waals surface area contributed by atoms with Crippen molar-refractivity contribution in [3.05, 3.63) is 29.8 Å². The maximum atomic E-state index is 11.8. The first-order valence-electron chi connectivity index (χ1n) is 6.85. The lowest BCUT2D eigenvalue weighted by Gasteiger charge is -2.14. The highest BCUT2D eigenvalue weighted by molar-refractivity contribution is 5.87. The third-order valence-electron chi connectivity index (χ3n) is 3.07. The van der Waals surface area contributed by atoms with Crippen LogP contribution in [0, 0.1) is 6.92 Å². The van der Waals surface area contributed by atoms with Crippen molar-refractivity contribution in [2.24, 2.45) is 0 Å². The van der Waals surface area contributed by atoms with Crippen molar-refractivity contribution in [1.29, 1.82) is 0 Å². The molecule has 108 valence electrons. The van der Waals surface area contributed by atoms with E-state index in [2.05, 4.69) is 10.6 Å². The normalized spacial score (nSPS) is 15.3. The predicted octanol–water partition coefficient (Wildman–Crippen LogP) is 1.16. The average molecular weight is 276 g/mol. The molecule has 0 bridgehead atoms. The molecule has 1 fully saturated rings. The molecule has 0 heterocycles. The van der Waals surface area contributed by atoms with Gasteiger partial charge in [-0.2, -0.15) is 0 Å². The lowest BCUT2D eigenvalue weighted by Crippen LogP contribution is -2.42. The molecular weight excluding hydrogens is 256 g/mol. The van der Waals surface area contributed by atoms with Gasteiger partial charge in [0, 0.05) is 6.04 Å². The molecule has 1 atom stereocenters. The number of hydrogen-bond donors (Lipinski definition) is 2. The Morgan fingerprint density at radius 3 is 2.55 bits per heavy atom. The quantitative estimate of drug-likeness (QED) is 0.819. The molecule has 1 aromatic rings. The summed E-state index contributed by atoms with van der Waals surface area (Å²) in [5, 5.41) is 5.38. The SMILES string of the molecule is Cc1ccc(OC(C)C(=O)NCC(=O)NC2CC2)cc1. The smallest absolute Gasteiger partial charge is 0.261 e. The van der Waals surface area contributed by atoms with Gasteiger partial charge >= 0.3 is 0 Å². The Kier molecular flexibility index (Phi) is 4.61. The number of amides is 2. The van der Waals surface area contributed by atoms with Crippen LogP contribution in [0.2, 0.25) is 0 Å². The summed E-state index contributed by atoms with van der Waals surface area (Å²) < 4.78 is 5.51. The van der Waals surface area contributed by atoms with E-state index in [1.807, 2.05) is 31.2 Å². The second-order valence-corrected chi connectivity index (χ2v) is 5.13. The minimum Gasteiger partial charge on any atom is -0.481 e. The van der Waals surface area contributed by atoms with Crippen LogP contribution in [-0.4, -0.2) is 30.5 Å². The van der Waals surface area contributed by atoms with Crippen molar-refractivity contribution < 1.29 is 14.3 Å². The van der Waals surface area contributed by atoms with E-state index in [1.165, 1.54) is 0 Å². The molecule has 1 aliphatic rings. The van der Waals surface area contributed by atoms with Crippen LogP contribution in [0.25, 0.3) is 0 Å². The molecule has 1 aliphatic carbocycles. The van der Waals surface area contributed by atoms with E-state index < -0.39 is 6.10 Å². The van der Waals surface area contributed by atoms with Gasteiger partial charge in [0.05, 0.1) is 6.54 Å². The standard InChI is InChI=1S/C15H20N2O3/c1-10-3-7-13(8-4-10)20-11(2)15(19)16-9-14(18)17-12-5-6-12/h3-4,7-8,11-12H,5-6,9H2,1-2H3,(H,16,19)(H,17,18). The van der Waals surface area contributed by atoms with Gasteiger partial charge in [-0.05, 0) is 38.8 Å². The number of carbonyl (C=O) groups is 2. The average Bonchev–Trinajstić information content (AvgIpc) is 3.22. The van der Waals surface area contributed by atoms with Gasteiger partial charge in [0.15, 0.2) is 6.10 Å². The lowest BCUT2D eigenvalue weighted by molar-refractivity contribution is -0.130. The Labute approximate surface area is 118 Å². The molecule has 0 radical (unpaired) electrons. The minimum atomic E-state index is -0.633. The van der Waals surface area contributed by atoms with Crippen molar-refractivity contribution in [3.63, 3.8) is 0 Å². The second kappa shape index (κ2) is 6.41. The number of aryl methyl sites for hydroxylation is 1. The summed E-state index contributed by atoms with van der Waals surface area (Å²) in [7, 11) is 0. The number of hydrogen-bond acceptors (Lipinski definition) is 3.